The molecular weight excluding hydrogens is 144 g/mol. The molecule has 0 bridgehead atoms. The second-order valence-corrected chi connectivity index (χ2v) is 3.16. The largest absolute Gasteiger partial charge is 0.481 e. The highest BCUT2D eigenvalue weighted by atomic mass is 16.5. The SMILES string of the molecule is CC1OCCC1C(C)C(=O)O. The summed E-state index contributed by atoms with van der Waals surface area (Å²) in [6.45, 7) is 4.40. The first-order valence-corrected chi connectivity index (χ1v) is 3.97. The van der Waals surface area contributed by atoms with Crippen molar-refractivity contribution in [1.82, 2.24) is 0 Å². The topological polar surface area (TPSA) is 46.5 Å². The van der Waals surface area contributed by atoms with Gasteiger partial charge in [-0.3, -0.25) is 4.79 Å². The fourth-order valence-electron chi connectivity index (χ4n) is 1.59. The van der Waals surface area contributed by atoms with E-state index >= 15 is 0 Å². The fourth-order valence-corrected chi connectivity index (χ4v) is 1.59. The Morgan fingerprint density at radius 3 is 2.73 bits per heavy atom. The Balaban J connectivity index is 2.52. The van der Waals surface area contributed by atoms with Crippen molar-refractivity contribution in [1.29, 1.82) is 0 Å². The molecule has 1 heterocycles. The maximum Gasteiger partial charge on any atom is 0.306 e. The normalized spacial score (nSPS) is 33.6. The molecule has 0 radical (unpaired) electrons. The third kappa shape index (κ3) is 1.71. The highest BCUT2D eigenvalue weighted by molar-refractivity contribution is 5.70. The van der Waals surface area contributed by atoms with Crippen LogP contribution in [0, 0.1) is 11.8 Å². The van der Waals surface area contributed by atoms with Gasteiger partial charge in [-0.2, -0.15) is 0 Å². The number of hydrogen-bond acceptors (Lipinski definition) is 2. The van der Waals surface area contributed by atoms with E-state index in [1.54, 1.807) is 6.92 Å². The highest BCUT2D eigenvalue weighted by Gasteiger charge is 2.32. The van der Waals surface area contributed by atoms with Crippen molar-refractivity contribution in [2.75, 3.05) is 6.61 Å². The molecule has 1 fully saturated rings. The van der Waals surface area contributed by atoms with Crippen LogP contribution in [0.1, 0.15) is 20.3 Å². The zero-order valence-corrected chi connectivity index (χ0v) is 6.91. The van der Waals surface area contributed by atoms with Gasteiger partial charge in [0.15, 0.2) is 0 Å². The van der Waals surface area contributed by atoms with Crippen LogP contribution in [-0.4, -0.2) is 23.8 Å². The Bertz CT molecular complexity index is 155. The van der Waals surface area contributed by atoms with E-state index in [1.807, 2.05) is 6.92 Å². The van der Waals surface area contributed by atoms with E-state index in [2.05, 4.69) is 0 Å². The van der Waals surface area contributed by atoms with E-state index in [1.165, 1.54) is 0 Å². The van der Waals surface area contributed by atoms with Gasteiger partial charge in [-0.15, -0.1) is 0 Å². The minimum absolute atomic E-state index is 0.112. The maximum absolute atomic E-state index is 10.6. The van der Waals surface area contributed by atoms with Crippen LogP contribution < -0.4 is 0 Å². The van der Waals surface area contributed by atoms with Crippen LogP contribution in [0.5, 0.6) is 0 Å². The van der Waals surface area contributed by atoms with Gasteiger partial charge in [-0.05, 0) is 19.3 Å². The second kappa shape index (κ2) is 3.22. The molecule has 0 spiro atoms. The van der Waals surface area contributed by atoms with E-state index in [0.717, 1.165) is 6.42 Å². The second-order valence-electron chi connectivity index (χ2n) is 3.16. The first-order chi connectivity index (χ1) is 5.13. The van der Waals surface area contributed by atoms with Crippen LogP contribution in [0.2, 0.25) is 0 Å². The highest BCUT2D eigenvalue weighted by Crippen LogP contribution is 2.27. The van der Waals surface area contributed by atoms with Crippen molar-refractivity contribution < 1.29 is 14.6 Å². The zero-order chi connectivity index (χ0) is 8.43. The third-order valence-corrected chi connectivity index (χ3v) is 2.47. The summed E-state index contributed by atoms with van der Waals surface area (Å²) >= 11 is 0. The lowest BCUT2D eigenvalue weighted by molar-refractivity contribution is -0.143. The van der Waals surface area contributed by atoms with Crippen molar-refractivity contribution in [2.24, 2.45) is 11.8 Å². The molecule has 1 N–H and O–H groups in total. The van der Waals surface area contributed by atoms with Crippen LogP contribution in [0.3, 0.4) is 0 Å². The Morgan fingerprint density at radius 1 is 1.73 bits per heavy atom. The van der Waals surface area contributed by atoms with Gasteiger partial charge in [0.2, 0.25) is 0 Å². The first-order valence-electron chi connectivity index (χ1n) is 3.97. The molecule has 11 heavy (non-hydrogen) atoms. The number of ether oxygens (including phenoxy) is 1. The third-order valence-electron chi connectivity index (χ3n) is 2.47. The average Bonchev–Trinajstić information content (AvgIpc) is 2.33. The molecule has 1 rings (SSSR count). The summed E-state index contributed by atoms with van der Waals surface area (Å²) in [7, 11) is 0. The van der Waals surface area contributed by atoms with E-state index in [-0.39, 0.29) is 17.9 Å². The van der Waals surface area contributed by atoms with Gasteiger partial charge in [0, 0.05) is 6.61 Å². The van der Waals surface area contributed by atoms with E-state index in [4.69, 9.17) is 9.84 Å². The van der Waals surface area contributed by atoms with Gasteiger partial charge < -0.3 is 9.84 Å². The number of aliphatic carboxylic acids is 1. The molecule has 3 unspecified atom stereocenters. The Labute approximate surface area is 66.4 Å². The molecule has 3 atom stereocenters. The molecule has 1 aliphatic heterocycles. The van der Waals surface area contributed by atoms with Gasteiger partial charge in [0.05, 0.1) is 12.0 Å². The molecule has 0 saturated carbocycles. The summed E-state index contributed by atoms with van der Waals surface area (Å²) in [5.74, 6) is -0.785. The molecule has 64 valence electrons. The molecule has 0 aromatic carbocycles. The summed E-state index contributed by atoms with van der Waals surface area (Å²) in [4.78, 5) is 10.6. The number of carbonyl (C=O) groups is 1. The molecule has 3 nitrogen and oxygen atoms in total. The quantitative estimate of drug-likeness (QED) is 0.655. The summed E-state index contributed by atoms with van der Waals surface area (Å²) < 4.78 is 5.27. The van der Waals surface area contributed by atoms with Crippen molar-refractivity contribution >= 4 is 5.97 Å². The van der Waals surface area contributed by atoms with Gasteiger partial charge in [0.1, 0.15) is 0 Å². The lowest BCUT2D eigenvalue weighted by Gasteiger charge is -2.17. The molecule has 0 aromatic heterocycles. The molecule has 0 aliphatic carbocycles. The van der Waals surface area contributed by atoms with Gasteiger partial charge in [0.25, 0.3) is 0 Å². The summed E-state index contributed by atoms with van der Waals surface area (Å²) in [5.41, 5.74) is 0. The zero-order valence-electron chi connectivity index (χ0n) is 6.91. The van der Waals surface area contributed by atoms with Gasteiger partial charge in [-0.1, -0.05) is 6.92 Å². The maximum atomic E-state index is 10.6. The lowest BCUT2D eigenvalue weighted by atomic mass is 9.89. The predicted octanol–water partition coefficient (Wildman–Crippen LogP) is 1.13. The Hall–Kier alpha value is -0.570. The number of rotatable bonds is 2. The summed E-state index contributed by atoms with van der Waals surface area (Å²) in [6, 6.07) is 0. The van der Waals surface area contributed by atoms with Crippen LogP contribution >= 0.6 is 0 Å². The van der Waals surface area contributed by atoms with Gasteiger partial charge >= 0.3 is 5.97 Å². The number of hydrogen-bond donors (Lipinski definition) is 1. The fraction of sp³-hybridized carbons (Fsp3) is 0.875. The van der Waals surface area contributed by atoms with E-state index in [9.17, 15) is 4.79 Å². The van der Waals surface area contributed by atoms with E-state index < -0.39 is 5.97 Å². The molecule has 0 amide bonds. The molecule has 3 heteroatoms. The molecule has 1 saturated heterocycles. The standard InChI is InChI=1S/C8H14O3/c1-5(8(9)10)7-3-4-11-6(7)2/h5-7H,3-4H2,1-2H3,(H,9,10). The first kappa shape index (κ1) is 8.53. The smallest absolute Gasteiger partial charge is 0.306 e. The Kier molecular flexibility index (Phi) is 2.49. The lowest BCUT2D eigenvalue weighted by Crippen LogP contribution is -2.25. The number of carboxylic acids is 1. The van der Waals surface area contributed by atoms with E-state index in [0.29, 0.717) is 6.61 Å². The summed E-state index contributed by atoms with van der Waals surface area (Å²) in [5, 5.41) is 8.70. The minimum Gasteiger partial charge on any atom is -0.481 e. The molecule has 1 aliphatic rings. The Morgan fingerprint density at radius 2 is 2.36 bits per heavy atom. The minimum atomic E-state index is -0.715. The van der Waals surface area contributed by atoms with Gasteiger partial charge in [-0.25, -0.2) is 0 Å². The van der Waals surface area contributed by atoms with Crippen LogP contribution in [0.4, 0.5) is 0 Å². The monoisotopic (exact) mass is 158 g/mol. The van der Waals surface area contributed by atoms with Crippen molar-refractivity contribution in [2.45, 2.75) is 26.4 Å². The molecular formula is C8H14O3. The van der Waals surface area contributed by atoms with Crippen molar-refractivity contribution in [3.8, 4) is 0 Å². The number of carboxylic acid groups (broad SMARTS) is 1. The van der Waals surface area contributed by atoms with Crippen molar-refractivity contribution in [3.63, 3.8) is 0 Å². The molecule has 0 aromatic rings. The van der Waals surface area contributed by atoms with Crippen LogP contribution in [0.25, 0.3) is 0 Å². The summed E-state index contributed by atoms with van der Waals surface area (Å²) in [6.07, 6.45) is 0.996. The average molecular weight is 158 g/mol. The van der Waals surface area contributed by atoms with Crippen LogP contribution in [0.15, 0.2) is 0 Å². The predicted molar refractivity (Wildman–Crippen MR) is 40.3 cm³/mol. The van der Waals surface area contributed by atoms with Crippen LogP contribution in [-0.2, 0) is 9.53 Å². The van der Waals surface area contributed by atoms with Crippen molar-refractivity contribution in [3.05, 3.63) is 0 Å².